The summed E-state index contributed by atoms with van der Waals surface area (Å²) in [5, 5.41) is 19.3. The number of amides is 1. The molecule has 0 radical (unpaired) electrons. The van der Waals surface area contributed by atoms with Crippen molar-refractivity contribution in [3.8, 4) is 5.75 Å². The molecule has 3 rings (SSSR count). The van der Waals surface area contributed by atoms with Crippen LogP contribution in [0.25, 0.3) is 0 Å². The molecule has 2 unspecified atom stereocenters. The fraction of sp³-hybridized carbons (Fsp3) is 0.381. The van der Waals surface area contributed by atoms with Gasteiger partial charge in [0, 0.05) is 23.1 Å². The summed E-state index contributed by atoms with van der Waals surface area (Å²) in [5.74, 6) is 1.80. The molecule has 0 aliphatic carbocycles. The maximum atomic E-state index is 11.0. The number of aliphatic hydroxyl groups is 1. The first-order valence-corrected chi connectivity index (χ1v) is 10.2. The fourth-order valence-corrected chi connectivity index (χ4v) is 4.11. The van der Waals surface area contributed by atoms with Gasteiger partial charge in [-0.2, -0.15) is 0 Å². The van der Waals surface area contributed by atoms with Crippen LogP contribution in [-0.4, -0.2) is 52.8 Å². The zero-order valence-corrected chi connectivity index (χ0v) is 16.0. The molecule has 5 nitrogen and oxygen atoms in total. The Kier molecular flexibility index (Phi) is 7.01. The second-order valence-corrected chi connectivity index (χ2v) is 7.79. The minimum absolute atomic E-state index is 0.0306. The summed E-state index contributed by atoms with van der Waals surface area (Å²) in [6.07, 6.45) is -0.0452. The average Bonchev–Trinajstić information content (AvgIpc) is 2.69. The van der Waals surface area contributed by atoms with Crippen LogP contribution in [0, 0.1) is 0 Å². The molecule has 2 aromatic carbocycles. The van der Waals surface area contributed by atoms with E-state index >= 15 is 0 Å². The lowest BCUT2D eigenvalue weighted by molar-refractivity contribution is 0.0504. The van der Waals surface area contributed by atoms with Crippen molar-refractivity contribution < 1.29 is 19.7 Å². The van der Waals surface area contributed by atoms with Crippen molar-refractivity contribution in [3.05, 3.63) is 60.2 Å². The van der Waals surface area contributed by atoms with Gasteiger partial charge in [0.05, 0.1) is 19.3 Å². The third-order valence-electron chi connectivity index (χ3n) is 4.73. The summed E-state index contributed by atoms with van der Waals surface area (Å²) >= 11 is 1.83. The highest BCUT2D eigenvalue weighted by Gasteiger charge is 2.30. The van der Waals surface area contributed by atoms with Crippen LogP contribution >= 0.6 is 11.8 Å². The van der Waals surface area contributed by atoms with Crippen molar-refractivity contribution in [1.29, 1.82) is 0 Å². The van der Waals surface area contributed by atoms with E-state index in [2.05, 4.69) is 12.1 Å². The molecule has 0 bridgehead atoms. The first kappa shape index (κ1) is 19.6. The summed E-state index contributed by atoms with van der Waals surface area (Å²) in [7, 11) is 0. The molecule has 144 valence electrons. The molecule has 1 fully saturated rings. The number of carbonyl (C=O) groups is 1. The van der Waals surface area contributed by atoms with Gasteiger partial charge in [0.2, 0.25) is 0 Å². The molecule has 27 heavy (non-hydrogen) atoms. The molecule has 1 amide bonds. The number of ether oxygens (including phenoxy) is 1. The van der Waals surface area contributed by atoms with Crippen LogP contribution in [0.4, 0.5) is 4.79 Å². The van der Waals surface area contributed by atoms with E-state index in [0.717, 1.165) is 23.5 Å². The molecular weight excluding hydrogens is 362 g/mol. The predicted octanol–water partition coefficient (Wildman–Crippen LogP) is 4.08. The van der Waals surface area contributed by atoms with Gasteiger partial charge in [-0.25, -0.2) is 4.79 Å². The largest absolute Gasteiger partial charge is 0.494 e. The highest BCUT2D eigenvalue weighted by Crippen LogP contribution is 2.29. The Morgan fingerprint density at radius 1 is 1.15 bits per heavy atom. The third kappa shape index (κ3) is 5.65. The summed E-state index contributed by atoms with van der Waals surface area (Å²) in [4.78, 5) is 13.6. The van der Waals surface area contributed by atoms with Gasteiger partial charge >= 0.3 is 6.09 Å². The molecule has 2 N–H and O–H groups in total. The lowest BCUT2D eigenvalue weighted by Crippen LogP contribution is -2.45. The molecular formula is C21H25NO4S. The normalized spacial score (nSPS) is 19.7. The van der Waals surface area contributed by atoms with Gasteiger partial charge in [-0.1, -0.05) is 30.3 Å². The van der Waals surface area contributed by atoms with E-state index in [9.17, 15) is 9.90 Å². The van der Waals surface area contributed by atoms with Crippen molar-refractivity contribution >= 4 is 17.9 Å². The maximum Gasteiger partial charge on any atom is 0.407 e. The Morgan fingerprint density at radius 3 is 2.56 bits per heavy atom. The number of hydrogen-bond donors (Lipinski definition) is 2. The van der Waals surface area contributed by atoms with Gasteiger partial charge < -0.3 is 19.8 Å². The number of piperidine rings is 1. The van der Waals surface area contributed by atoms with Crippen LogP contribution in [0.1, 0.15) is 24.3 Å². The predicted molar refractivity (Wildman–Crippen MR) is 107 cm³/mol. The second kappa shape index (κ2) is 9.67. The van der Waals surface area contributed by atoms with Crippen LogP contribution < -0.4 is 4.74 Å². The van der Waals surface area contributed by atoms with Gasteiger partial charge in [0.25, 0.3) is 0 Å². The Labute approximate surface area is 164 Å². The highest BCUT2D eigenvalue weighted by atomic mass is 32.2. The molecule has 1 aliphatic heterocycles. The number of carboxylic acid groups (broad SMARTS) is 1. The van der Waals surface area contributed by atoms with E-state index in [1.165, 1.54) is 9.80 Å². The molecule has 1 saturated heterocycles. The Balaban J connectivity index is 1.41. The quantitative estimate of drug-likeness (QED) is 0.553. The fourth-order valence-electron chi connectivity index (χ4n) is 3.26. The SMILES string of the molecule is O=C(O)N1CCC(c2ccc(OCCCSc3ccccc3)cc2)C(O)C1. The minimum Gasteiger partial charge on any atom is -0.494 e. The number of benzene rings is 2. The lowest BCUT2D eigenvalue weighted by Gasteiger charge is -2.34. The van der Waals surface area contributed by atoms with Crippen LogP contribution in [0.2, 0.25) is 0 Å². The van der Waals surface area contributed by atoms with Gasteiger partial charge in [0.1, 0.15) is 5.75 Å². The number of hydrogen-bond acceptors (Lipinski definition) is 4. The molecule has 1 aliphatic rings. The van der Waals surface area contributed by atoms with Gasteiger partial charge in [0.15, 0.2) is 0 Å². The summed E-state index contributed by atoms with van der Waals surface area (Å²) in [6.45, 7) is 1.28. The number of thioether (sulfide) groups is 1. The van der Waals surface area contributed by atoms with Gasteiger partial charge in [-0.3, -0.25) is 0 Å². The lowest BCUT2D eigenvalue weighted by atomic mass is 9.87. The molecule has 2 aromatic rings. The Morgan fingerprint density at radius 2 is 1.89 bits per heavy atom. The zero-order chi connectivity index (χ0) is 19.1. The van der Waals surface area contributed by atoms with E-state index in [4.69, 9.17) is 9.84 Å². The van der Waals surface area contributed by atoms with Crippen LogP contribution in [0.15, 0.2) is 59.5 Å². The van der Waals surface area contributed by atoms with Gasteiger partial charge in [-0.15, -0.1) is 11.8 Å². The summed E-state index contributed by atoms with van der Waals surface area (Å²) in [5.41, 5.74) is 1.03. The number of aliphatic hydroxyl groups excluding tert-OH is 1. The van der Waals surface area contributed by atoms with Gasteiger partial charge in [-0.05, 0) is 42.7 Å². The van der Waals surface area contributed by atoms with E-state index in [1.807, 2.05) is 54.2 Å². The number of likely N-dealkylation sites (tertiary alicyclic amines) is 1. The van der Waals surface area contributed by atoms with E-state index in [0.29, 0.717) is 19.6 Å². The first-order valence-electron chi connectivity index (χ1n) is 9.20. The maximum absolute atomic E-state index is 11.0. The monoisotopic (exact) mass is 387 g/mol. The van der Waals surface area contributed by atoms with E-state index in [-0.39, 0.29) is 12.5 Å². The van der Waals surface area contributed by atoms with Crippen LogP contribution in [0.5, 0.6) is 5.75 Å². The number of rotatable bonds is 7. The summed E-state index contributed by atoms with van der Waals surface area (Å²) in [6, 6.07) is 18.1. The van der Waals surface area contributed by atoms with Crippen LogP contribution in [0.3, 0.4) is 0 Å². The molecule has 6 heteroatoms. The number of β-amino-alcohol motifs (C(OH)–C–C–N with tert-alkyl or cyclic N) is 1. The first-order chi connectivity index (χ1) is 13.1. The molecule has 0 aromatic heterocycles. The van der Waals surface area contributed by atoms with E-state index < -0.39 is 12.2 Å². The molecule has 0 saturated carbocycles. The Hall–Kier alpha value is -2.18. The smallest absolute Gasteiger partial charge is 0.407 e. The number of nitrogens with zero attached hydrogens (tertiary/aromatic N) is 1. The van der Waals surface area contributed by atoms with Crippen LogP contribution in [-0.2, 0) is 0 Å². The molecule has 0 spiro atoms. The van der Waals surface area contributed by atoms with Crippen molar-refractivity contribution in [2.75, 3.05) is 25.4 Å². The standard InChI is InChI=1S/C21H25NO4S/c23-20-15-22(21(24)25)12-11-19(20)16-7-9-17(10-8-16)26-13-4-14-27-18-5-2-1-3-6-18/h1-3,5-10,19-20,23H,4,11-15H2,(H,24,25). The molecule has 2 atom stereocenters. The van der Waals surface area contributed by atoms with Crippen molar-refractivity contribution in [1.82, 2.24) is 4.90 Å². The summed E-state index contributed by atoms with van der Waals surface area (Å²) < 4.78 is 5.80. The zero-order valence-electron chi connectivity index (χ0n) is 15.2. The van der Waals surface area contributed by atoms with Crippen molar-refractivity contribution in [2.24, 2.45) is 0 Å². The van der Waals surface area contributed by atoms with Crippen molar-refractivity contribution in [2.45, 2.75) is 29.8 Å². The highest BCUT2D eigenvalue weighted by molar-refractivity contribution is 7.99. The topological polar surface area (TPSA) is 70.0 Å². The molecule has 1 heterocycles. The van der Waals surface area contributed by atoms with E-state index in [1.54, 1.807) is 0 Å². The average molecular weight is 388 g/mol. The van der Waals surface area contributed by atoms with Crippen molar-refractivity contribution in [3.63, 3.8) is 0 Å². The Bertz CT molecular complexity index is 723. The minimum atomic E-state index is -0.971. The third-order valence-corrected chi connectivity index (χ3v) is 5.83. The second-order valence-electron chi connectivity index (χ2n) is 6.62.